The highest BCUT2D eigenvalue weighted by Crippen LogP contribution is 2.43. The maximum absolute atomic E-state index is 11.5. The molecule has 0 amide bonds. The van der Waals surface area contributed by atoms with Crippen LogP contribution in [0.15, 0.2) is 18.2 Å². The molecule has 1 heterocycles. The van der Waals surface area contributed by atoms with Gasteiger partial charge in [-0.3, -0.25) is 4.79 Å². The van der Waals surface area contributed by atoms with E-state index in [-0.39, 0.29) is 5.78 Å². The summed E-state index contributed by atoms with van der Waals surface area (Å²) in [6.07, 6.45) is 0. The molecule has 3 nitrogen and oxygen atoms in total. The fraction of sp³-hybridized carbons (Fsp3) is 0.417. The number of aryl methyl sites for hydroxylation is 1. The van der Waals surface area contributed by atoms with Crippen LogP contribution in [0.5, 0.6) is 5.75 Å². The summed E-state index contributed by atoms with van der Waals surface area (Å²) in [4.78, 5) is 11.5. The monoisotopic (exact) mass is 206 g/mol. The summed E-state index contributed by atoms with van der Waals surface area (Å²) in [6, 6.07) is 5.59. The molecule has 0 saturated carbocycles. The van der Waals surface area contributed by atoms with Crippen molar-refractivity contribution in [1.82, 2.24) is 0 Å². The maximum Gasteiger partial charge on any atom is 0.219 e. The van der Waals surface area contributed by atoms with Crippen LogP contribution in [0.2, 0.25) is 0 Å². The molecule has 2 atom stereocenters. The van der Waals surface area contributed by atoms with E-state index in [1.807, 2.05) is 19.1 Å². The number of hydrogen-bond donors (Lipinski definition) is 1. The van der Waals surface area contributed by atoms with Gasteiger partial charge in [0.25, 0.3) is 0 Å². The quantitative estimate of drug-likeness (QED) is 0.761. The molecule has 1 N–H and O–H groups in total. The first-order valence-corrected chi connectivity index (χ1v) is 4.94. The van der Waals surface area contributed by atoms with E-state index in [4.69, 9.17) is 4.74 Å². The predicted octanol–water partition coefficient (Wildman–Crippen LogP) is 1.77. The Morgan fingerprint density at radius 1 is 1.53 bits per heavy atom. The zero-order chi connectivity index (χ0) is 11.2. The highest BCUT2D eigenvalue weighted by molar-refractivity contribution is 5.86. The Morgan fingerprint density at radius 2 is 2.20 bits per heavy atom. The van der Waals surface area contributed by atoms with E-state index in [9.17, 15) is 9.90 Å². The number of fused-ring (bicyclic) bond motifs is 1. The molecule has 1 aromatic carbocycles. The molecule has 0 fully saturated rings. The lowest BCUT2D eigenvalue weighted by atomic mass is 9.89. The van der Waals surface area contributed by atoms with Crippen molar-refractivity contribution in [3.63, 3.8) is 0 Å². The topological polar surface area (TPSA) is 46.5 Å². The summed E-state index contributed by atoms with van der Waals surface area (Å²) in [7, 11) is 0. The van der Waals surface area contributed by atoms with E-state index in [0.717, 1.165) is 11.1 Å². The largest absolute Gasteiger partial charge is 0.461 e. The maximum atomic E-state index is 11.5. The molecule has 1 aliphatic heterocycles. The number of carbonyl (C=O) groups excluding carboxylic acids is 1. The van der Waals surface area contributed by atoms with Gasteiger partial charge in [0.15, 0.2) is 0 Å². The van der Waals surface area contributed by atoms with Crippen LogP contribution >= 0.6 is 0 Å². The Labute approximate surface area is 88.7 Å². The zero-order valence-corrected chi connectivity index (χ0v) is 9.07. The minimum Gasteiger partial charge on any atom is -0.461 e. The SMILES string of the molecule is CC(=O)C1c2cc(C)ccc2OC1(C)O. The predicted molar refractivity (Wildman–Crippen MR) is 55.9 cm³/mol. The molecular weight excluding hydrogens is 192 g/mol. The highest BCUT2D eigenvalue weighted by atomic mass is 16.6. The van der Waals surface area contributed by atoms with E-state index >= 15 is 0 Å². The van der Waals surface area contributed by atoms with Gasteiger partial charge in [0, 0.05) is 12.5 Å². The zero-order valence-electron chi connectivity index (χ0n) is 9.07. The summed E-state index contributed by atoms with van der Waals surface area (Å²) in [5.74, 6) is -1.47. The van der Waals surface area contributed by atoms with Gasteiger partial charge in [0.1, 0.15) is 17.5 Å². The minimum absolute atomic E-state index is 0.0793. The van der Waals surface area contributed by atoms with Crippen molar-refractivity contribution in [2.75, 3.05) is 0 Å². The lowest BCUT2D eigenvalue weighted by molar-refractivity contribution is -0.145. The summed E-state index contributed by atoms with van der Waals surface area (Å²) < 4.78 is 5.36. The average molecular weight is 206 g/mol. The smallest absolute Gasteiger partial charge is 0.219 e. The molecule has 2 rings (SSSR count). The summed E-state index contributed by atoms with van der Waals surface area (Å²) in [6.45, 7) is 4.94. The fourth-order valence-electron chi connectivity index (χ4n) is 2.15. The molecule has 0 bridgehead atoms. The van der Waals surface area contributed by atoms with Crippen molar-refractivity contribution >= 4 is 5.78 Å². The molecule has 3 heteroatoms. The van der Waals surface area contributed by atoms with Gasteiger partial charge in [-0.2, -0.15) is 0 Å². The number of carbonyl (C=O) groups is 1. The number of Topliss-reactive ketones (excluding diaryl/α,β-unsaturated/α-hetero) is 1. The number of aliphatic hydroxyl groups is 1. The number of hydrogen-bond acceptors (Lipinski definition) is 3. The average Bonchev–Trinajstić information content (AvgIpc) is 2.33. The van der Waals surface area contributed by atoms with Crippen LogP contribution in [-0.2, 0) is 4.79 Å². The first kappa shape index (κ1) is 10.2. The van der Waals surface area contributed by atoms with Gasteiger partial charge < -0.3 is 9.84 Å². The Morgan fingerprint density at radius 3 is 2.80 bits per heavy atom. The molecule has 1 aromatic rings. The van der Waals surface area contributed by atoms with Crippen LogP contribution in [0.3, 0.4) is 0 Å². The fourth-order valence-corrected chi connectivity index (χ4v) is 2.15. The first-order chi connectivity index (χ1) is 6.92. The molecule has 1 aliphatic rings. The normalized spacial score (nSPS) is 28.4. The summed E-state index contributed by atoms with van der Waals surface area (Å²) >= 11 is 0. The molecule has 0 aliphatic carbocycles. The minimum atomic E-state index is -1.41. The number of benzene rings is 1. The van der Waals surface area contributed by atoms with Gasteiger partial charge in [-0.15, -0.1) is 0 Å². The lowest BCUT2D eigenvalue weighted by Crippen LogP contribution is -2.37. The first-order valence-electron chi connectivity index (χ1n) is 4.94. The molecule has 80 valence electrons. The van der Waals surface area contributed by atoms with Crippen LogP contribution in [0.1, 0.15) is 30.9 Å². The van der Waals surface area contributed by atoms with Crippen LogP contribution in [0, 0.1) is 6.92 Å². The van der Waals surface area contributed by atoms with E-state index in [1.54, 1.807) is 6.07 Å². The van der Waals surface area contributed by atoms with E-state index in [0.29, 0.717) is 5.75 Å². The molecule has 0 aromatic heterocycles. The van der Waals surface area contributed by atoms with E-state index in [1.165, 1.54) is 13.8 Å². The van der Waals surface area contributed by atoms with Crippen molar-refractivity contribution in [2.24, 2.45) is 0 Å². The Balaban J connectivity index is 2.56. The second-order valence-electron chi connectivity index (χ2n) is 4.24. The molecule has 0 radical (unpaired) electrons. The van der Waals surface area contributed by atoms with Gasteiger partial charge in [-0.25, -0.2) is 0 Å². The second kappa shape index (κ2) is 3.07. The van der Waals surface area contributed by atoms with Gasteiger partial charge in [0.05, 0.1) is 0 Å². The van der Waals surface area contributed by atoms with Crippen LogP contribution in [-0.4, -0.2) is 16.7 Å². The molecule has 2 unspecified atom stereocenters. The van der Waals surface area contributed by atoms with Crippen molar-refractivity contribution < 1.29 is 14.6 Å². The van der Waals surface area contributed by atoms with Crippen LogP contribution < -0.4 is 4.74 Å². The van der Waals surface area contributed by atoms with Crippen molar-refractivity contribution in [3.8, 4) is 5.75 Å². The Kier molecular flexibility index (Phi) is 2.08. The Bertz CT molecular complexity index is 421. The summed E-state index contributed by atoms with van der Waals surface area (Å²) in [5, 5.41) is 9.99. The number of rotatable bonds is 1. The van der Waals surface area contributed by atoms with E-state index < -0.39 is 11.7 Å². The standard InChI is InChI=1S/C12H14O3/c1-7-4-5-10-9(6-7)11(8(2)13)12(3,14)15-10/h4-6,11,14H,1-3H3. The van der Waals surface area contributed by atoms with Crippen molar-refractivity contribution in [1.29, 1.82) is 0 Å². The van der Waals surface area contributed by atoms with E-state index in [2.05, 4.69) is 0 Å². The van der Waals surface area contributed by atoms with Crippen LogP contribution in [0.25, 0.3) is 0 Å². The number of ketones is 1. The summed E-state index contributed by atoms with van der Waals surface area (Å²) in [5.41, 5.74) is 1.84. The van der Waals surface area contributed by atoms with Gasteiger partial charge >= 0.3 is 0 Å². The second-order valence-corrected chi connectivity index (χ2v) is 4.24. The Hall–Kier alpha value is -1.35. The molecule has 0 saturated heterocycles. The third kappa shape index (κ3) is 1.53. The van der Waals surface area contributed by atoms with Crippen molar-refractivity contribution in [3.05, 3.63) is 29.3 Å². The highest BCUT2D eigenvalue weighted by Gasteiger charge is 2.46. The van der Waals surface area contributed by atoms with Gasteiger partial charge in [-0.05, 0) is 19.9 Å². The third-order valence-electron chi connectivity index (χ3n) is 2.74. The third-order valence-corrected chi connectivity index (χ3v) is 2.74. The van der Waals surface area contributed by atoms with Gasteiger partial charge in [0.2, 0.25) is 5.79 Å². The number of ether oxygens (including phenoxy) is 1. The molecular formula is C12H14O3. The lowest BCUT2D eigenvalue weighted by Gasteiger charge is -2.22. The van der Waals surface area contributed by atoms with Crippen LogP contribution in [0.4, 0.5) is 0 Å². The molecule has 0 spiro atoms. The van der Waals surface area contributed by atoms with Crippen molar-refractivity contribution in [2.45, 2.75) is 32.5 Å². The van der Waals surface area contributed by atoms with Gasteiger partial charge in [-0.1, -0.05) is 17.7 Å². The molecule has 15 heavy (non-hydrogen) atoms.